The molecule has 3 N–H and O–H groups in total. The smallest absolute Gasteiger partial charge is 0.158 e. The zero-order chi connectivity index (χ0) is 19.1. The van der Waals surface area contributed by atoms with Crippen molar-refractivity contribution in [3.05, 3.63) is 66.4 Å². The summed E-state index contributed by atoms with van der Waals surface area (Å²) in [6.07, 6.45) is 7.21. The summed E-state index contributed by atoms with van der Waals surface area (Å²) in [5.41, 5.74) is 13.7. The summed E-state index contributed by atoms with van der Waals surface area (Å²) < 4.78 is 0. The van der Waals surface area contributed by atoms with E-state index in [0.717, 1.165) is 51.4 Å². The van der Waals surface area contributed by atoms with E-state index in [0.29, 0.717) is 0 Å². The van der Waals surface area contributed by atoms with Gasteiger partial charge in [-0.25, -0.2) is 9.97 Å². The fourth-order valence-corrected chi connectivity index (χ4v) is 4.30. The Morgan fingerprint density at radius 2 is 1.75 bits per heavy atom. The van der Waals surface area contributed by atoms with Crippen LogP contribution in [0.25, 0.3) is 33.5 Å². The summed E-state index contributed by atoms with van der Waals surface area (Å²) in [5.74, 6) is 0. The molecule has 1 saturated carbocycles. The summed E-state index contributed by atoms with van der Waals surface area (Å²) in [7, 11) is 0. The van der Waals surface area contributed by atoms with E-state index >= 15 is 0 Å². The highest BCUT2D eigenvalue weighted by molar-refractivity contribution is 7.98. The summed E-state index contributed by atoms with van der Waals surface area (Å²) >= 11 is 1.60. The monoisotopic (exact) mass is 386 g/mol. The van der Waals surface area contributed by atoms with Crippen LogP contribution in [0, 0.1) is 0 Å². The Balaban J connectivity index is 1.67. The second kappa shape index (κ2) is 6.76. The summed E-state index contributed by atoms with van der Waals surface area (Å²) in [5, 5.41) is 0.908. The molecule has 0 spiro atoms. The van der Waals surface area contributed by atoms with Crippen LogP contribution in [-0.4, -0.2) is 21.2 Å². The number of rotatable bonds is 4. The van der Waals surface area contributed by atoms with Gasteiger partial charge >= 0.3 is 0 Å². The van der Waals surface area contributed by atoms with E-state index in [2.05, 4.69) is 53.5 Å². The van der Waals surface area contributed by atoms with Gasteiger partial charge in [-0.05, 0) is 42.2 Å². The molecule has 5 heteroatoms. The van der Waals surface area contributed by atoms with Crippen LogP contribution in [0.3, 0.4) is 0 Å². The van der Waals surface area contributed by atoms with Crippen molar-refractivity contribution >= 4 is 22.9 Å². The molecule has 1 aliphatic carbocycles. The molecular weight excluding hydrogens is 364 g/mol. The minimum Gasteiger partial charge on any atom is -0.337 e. The van der Waals surface area contributed by atoms with Crippen molar-refractivity contribution in [1.29, 1.82) is 0 Å². The number of fused-ring (bicyclic) bond motifs is 1. The van der Waals surface area contributed by atoms with Crippen LogP contribution < -0.4 is 5.73 Å². The Hall–Kier alpha value is -2.63. The van der Waals surface area contributed by atoms with E-state index in [1.807, 2.05) is 18.5 Å². The molecule has 1 fully saturated rings. The summed E-state index contributed by atoms with van der Waals surface area (Å²) in [6, 6.07) is 19.0. The molecule has 2 aromatic heterocycles. The minimum atomic E-state index is -0.141. The van der Waals surface area contributed by atoms with Crippen molar-refractivity contribution in [3.63, 3.8) is 0 Å². The molecule has 5 rings (SSSR count). The molecule has 140 valence electrons. The normalized spacial score (nSPS) is 15.5. The lowest BCUT2D eigenvalue weighted by Gasteiger charge is -2.38. The maximum atomic E-state index is 6.50. The predicted molar refractivity (Wildman–Crippen MR) is 116 cm³/mol. The van der Waals surface area contributed by atoms with E-state index in [1.165, 1.54) is 12.0 Å². The SMILES string of the molecule is CSc1cnc2c(-c3ccccc3)c(-c3ccc(C4(N)CCC4)cc3)[nH]c2n1. The average Bonchev–Trinajstić information content (AvgIpc) is 3.11. The Kier molecular flexibility index (Phi) is 4.22. The van der Waals surface area contributed by atoms with E-state index in [4.69, 9.17) is 15.7 Å². The van der Waals surface area contributed by atoms with Gasteiger partial charge in [-0.1, -0.05) is 54.6 Å². The number of aromatic amines is 1. The van der Waals surface area contributed by atoms with Crippen molar-refractivity contribution in [2.75, 3.05) is 6.26 Å². The van der Waals surface area contributed by atoms with Gasteiger partial charge in [0.2, 0.25) is 0 Å². The first kappa shape index (κ1) is 17.5. The third-order valence-electron chi connectivity index (χ3n) is 5.75. The molecule has 0 saturated heterocycles. The minimum absolute atomic E-state index is 0.141. The largest absolute Gasteiger partial charge is 0.337 e. The third kappa shape index (κ3) is 2.82. The molecule has 0 bridgehead atoms. The Bertz CT molecular complexity index is 1130. The van der Waals surface area contributed by atoms with Gasteiger partial charge in [-0.3, -0.25) is 0 Å². The fraction of sp³-hybridized carbons (Fsp3) is 0.217. The first-order chi connectivity index (χ1) is 13.7. The average molecular weight is 387 g/mol. The van der Waals surface area contributed by atoms with Gasteiger partial charge in [0.15, 0.2) is 5.65 Å². The second-order valence-corrected chi connectivity index (χ2v) is 8.26. The number of nitrogens with one attached hydrogen (secondary N) is 1. The molecule has 0 aliphatic heterocycles. The number of benzene rings is 2. The van der Waals surface area contributed by atoms with Gasteiger partial charge in [0.1, 0.15) is 10.5 Å². The van der Waals surface area contributed by atoms with Crippen LogP contribution >= 0.6 is 11.8 Å². The first-order valence-electron chi connectivity index (χ1n) is 9.56. The highest BCUT2D eigenvalue weighted by atomic mass is 32.2. The molecule has 0 radical (unpaired) electrons. The molecule has 1 aliphatic rings. The second-order valence-electron chi connectivity index (χ2n) is 7.44. The first-order valence-corrected chi connectivity index (χ1v) is 10.8. The molecule has 28 heavy (non-hydrogen) atoms. The van der Waals surface area contributed by atoms with Crippen molar-refractivity contribution in [3.8, 4) is 22.4 Å². The van der Waals surface area contributed by atoms with Gasteiger partial charge in [0.05, 0.1) is 11.9 Å². The Labute approximate surface area is 168 Å². The molecule has 2 aromatic carbocycles. The van der Waals surface area contributed by atoms with Gasteiger partial charge in [0, 0.05) is 11.1 Å². The fourth-order valence-electron chi connectivity index (χ4n) is 3.96. The standard InChI is InChI=1S/C23H22N4S/c1-28-18-14-25-21-19(15-6-3-2-4-7-15)20(27-22(21)26-18)16-8-10-17(11-9-16)23(24)12-5-13-23/h2-4,6-11,14H,5,12-13,24H2,1H3,(H,26,27). The highest BCUT2D eigenvalue weighted by Crippen LogP contribution is 2.41. The number of hydrogen-bond donors (Lipinski definition) is 2. The number of hydrogen-bond acceptors (Lipinski definition) is 4. The summed E-state index contributed by atoms with van der Waals surface area (Å²) in [6.45, 7) is 0. The topological polar surface area (TPSA) is 67.6 Å². The van der Waals surface area contributed by atoms with Crippen molar-refractivity contribution in [1.82, 2.24) is 15.0 Å². The lowest BCUT2D eigenvalue weighted by molar-refractivity contribution is 0.253. The Morgan fingerprint density at radius 3 is 2.39 bits per heavy atom. The van der Waals surface area contributed by atoms with Gasteiger partial charge in [0.25, 0.3) is 0 Å². The molecule has 0 amide bonds. The van der Waals surface area contributed by atoms with Crippen LogP contribution in [0.4, 0.5) is 0 Å². The number of nitrogens with zero attached hydrogens (tertiary/aromatic N) is 2. The van der Waals surface area contributed by atoms with Crippen LogP contribution in [0.2, 0.25) is 0 Å². The maximum absolute atomic E-state index is 6.50. The van der Waals surface area contributed by atoms with Crippen LogP contribution in [0.5, 0.6) is 0 Å². The quantitative estimate of drug-likeness (QED) is 0.464. The highest BCUT2D eigenvalue weighted by Gasteiger charge is 2.34. The number of nitrogens with two attached hydrogens (primary N) is 1. The number of aromatic nitrogens is 3. The predicted octanol–water partition coefficient (Wildman–Crippen LogP) is 5.35. The zero-order valence-electron chi connectivity index (χ0n) is 15.8. The van der Waals surface area contributed by atoms with E-state index in [1.54, 1.807) is 11.8 Å². The van der Waals surface area contributed by atoms with Gasteiger partial charge in [-0.2, -0.15) is 0 Å². The summed E-state index contributed by atoms with van der Waals surface area (Å²) in [4.78, 5) is 13.0. The van der Waals surface area contributed by atoms with Crippen molar-refractivity contribution < 1.29 is 0 Å². The lowest BCUT2D eigenvalue weighted by Crippen LogP contribution is -2.43. The van der Waals surface area contributed by atoms with E-state index in [9.17, 15) is 0 Å². The van der Waals surface area contributed by atoms with E-state index in [-0.39, 0.29) is 5.54 Å². The number of thioether (sulfide) groups is 1. The van der Waals surface area contributed by atoms with Crippen molar-refractivity contribution in [2.24, 2.45) is 5.73 Å². The molecule has 2 heterocycles. The van der Waals surface area contributed by atoms with E-state index < -0.39 is 0 Å². The van der Waals surface area contributed by atoms with Gasteiger partial charge < -0.3 is 10.7 Å². The molecular formula is C23H22N4S. The molecule has 4 nitrogen and oxygen atoms in total. The molecule has 0 unspecified atom stereocenters. The lowest BCUT2D eigenvalue weighted by atomic mass is 9.72. The van der Waals surface area contributed by atoms with Crippen LogP contribution in [0.1, 0.15) is 24.8 Å². The molecule has 0 atom stereocenters. The maximum Gasteiger partial charge on any atom is 0.158 e. The van der Waals surface area contributed by atoms with Crippen molar-refractivity contribution in [2.45, 2.75) is 29.8 Å². The third-order valence-corrected chi connectivity index (χ3v) is 6.36. The Morgan fingerprint density at radius 1 is 1.00 bits per heavy atom. The van der Waals surface area contributed by atoms with Crippen LogP contribution in [0.15, 0.2) is 65.8 Å². The van der Waals surface area contributed by atoms with Gasteiger partial charge in [-0.15, -0.1) is 11.8 Å². The van der Waals surface area contributed by atoms with Crippen LogP contribution in [-0.2, 0) is 5.54 Å². The zero-order valence-corrected chi connectivity index (χ0v) is 16.6. The number of H-pyrrole nitrogens is 1. The molecule has 4 aromatic rings.